The Morgan fingerprint density at radius 3 is 2.12 bits per heavy atom. The van der Waals surface area contributed by atoms with Crippen LogP contribution < -0.4 is 0 Å². The lowest BCUT2D eigenvalue weighted by molar-refractivity contribution is -0.903. The summed E-state index contributed by atoms with van der Waals surface area (Å²) in [6.45, 7) is 0.119. The van der Waals surface area contributed by atoms with Gasteiger partial charge in [-0.3, -0.25) is 0 Å². The Morgan fingerprint density at radius 2 is 2.00 bits per heavy atom. The topological polar surface area (TPSA) is 20.2 Å². The van der Waals surface area contributed by atoms with Crippen LogP contribution in [0.3, 0.4) is 0 Å². The third-order valence-corrected chi connectivity index (χ3v) is 1.03. The van der Waals surface area contributed by atoms with E-state index in [1.165, 1.54) is 0 Å². The van der Waals surface area contributed by atoms with E-state index in [1.54, 1.807) is 14.1 Å². The Kier molecular flexibility index (Phi) is 2.94. The van der Waals surface area contributed by atoms with Gasteiger partial charge in [-0.15, -0.1) is 0 Å². The van der Waals surface area contributed by atoms with Crippen LogP contribution in [0.2, 0.25) is 0 Å². The Labute approximate surface area is 49.1 Å². The van der Waals surface area contributed by atoms with E-state index in [-0.39, 0.29) is 11.1 Å². The first-order chi connectivity index (χ1) is 3.62. The summed E-state index contributed by atoms with van der Waals surface area (Å²) in [6.07, 6.45) is 0. The zero-order valence-corrected chi connectivity index (χ0v) is 5.39. The Hall–Kier alpha value is -0.150. The second kappa shape index (κ2) is 2.99. The second-order valence-electron chi connectivity index (χ2n) is 2.50. The number of hydrogen-bond acceptors (Lipinski definition) is 1. The Morgan fingerprint density at radius 1 is 1.50 bits per heavy atom. The van der Waals surface area contributed by atoms with Gasteiger partial charge in [-0.2, -0.15) is 4.39 Å². The van der Waals surface area contributed by atoms with Gasteiger partial charge in [-0.05, 0) is 0 Å². The van der Waals surface area contributed by atoms with Crippen LogP contribution in [0.4, 0.5) is 4.39 Å². The van der Waals surface area contributed by atoms with Crippen LogP contribution in [0.25, 0.3) is 0 Å². The number of rotatable bonds is 3. The van der Waals surface area contributed by atoms with E-state index in [0.717, 1.165) is 0 Å². The molecule has 0 unspecified atom stereocenters. The number of quaternary nitrogens is 1. The molecule has 0 bridgehead atoms. The van der Waals surface area contributed by atoms with Crippen molar-refractivity contribution in [2.45, 2.75) is 0 Å². The molecule has 0 saturated carbocycles. The van der Waals surface area contributed by atoms with Crippen molar-refractivity contribution in [3.8, 4) is 0 Å². The summed E-state index contributed by atoms with van der Waals surface area (Å²) in [5, 5.41) is 8.35. The van der Waals surface area contributed by atoms with Crippen molar-refractivity contribution in [1.29, 1.82) is 0 Å². The fraction of sp³-hybridized carbons (Fsp3) is 1.00. The van der Waals surface area contributed by atoms with Gasteiger partial charge < -0.3 is 9.59 Å². The highest BCUT2D eigenvalue weighted by Crippen LogP contribution is 1.93. The molecule has 0 amide bonds. The summed E-state index contributed by atoms with van der Waals surface area (Å²) < 4.78 is 12.1. The summed E-state index contributed by atoms with van der Waals surface area (Å²) in [5.74, 6) is 0. The number of alkyl halides is 1. The average Bonchev–Trinajstić information content (AvgIpc) is 1.67. The lowest BCUT2D eigenvalue weighted by Crippen LogP contribution is -2.40. The zero-order chi connectivity index (χ0) is 6.62. The molecule has 0 aromatic heterocycles. The smallest absolute Gasteiger partial charge is 0.221 e. The van der Waals surface area contributed by atoms with Crippen LogP contribution in [-0.2, 0) is 0 Å². The Bertz CT molecular complexity index is 65.4. The van der Waals surface area contributed by atoms with Crippen LogP contribution in [-0.4, -0.2) is 43.6 Å². The van der Waals surface area contributed by atoms with E-state index >= 15 is 0 Å². The fourth-order valence-electron chi connectivity index (χ4n) is 0.330. The Balaban J connectivity index is 3.37. The normalized spacial score (nSPS) is 12.0. The minimum atomic E-state index is -0.416. The van der Waals surface area contributed by atoms with E-state index in [1.807, 2.05) is 0 Å². The lowest BCUT2D eigenvalue weighted by Gasteiger charge is -2.24. The van der Waals surface area contributed by atoms with Crippen molar-refractivity contribution < 1.29 is 14.0 Å². The van der Waals surface area contributed by atoms with Crippen molar-refractivity contribution in [3.05, 3.63) is 0 Å². The molecular formula is C5H13FNO+. The van der Waals surface area contributed by atoms with Gasteiger partial charge in [0.15, 0.2) is 0 Å². The van der Waals surface area contributed by atoms with Crippen molar-refractivity contribution in [2.75, 3.05) is 34.0 Å². The molecule has 0 atom stereocenters. The minimum absolute atomic E-state index is 0.0525. The van der Waals surface area contributed by atoms with Crippen LogP contribution >= 0.6 is 0 Å². The summed E-state index contributed by atoms with van der Waals surface area (Å²) in [6, 6.07) is 0. The van der Waals surface area contributed by atoms with Crippen molar-refractivity contribution in [3.63, 3.8) is 0 Å². The molecular weight excluding hydrogens is 108 g/mol. The largest absolute Gasteiger partial charge is 0.391 e. The van der Waals surface area contributed by atoms with Crippen molar-refractivity contribution in [2.24, 2.45) is 0 Å². The molecule has 0 spiro atoms. The lowest BCUT2D eigenvalue weighted by atomic mass is 10.5. The molecule has 3 heteroatoms. The summed E-state index contributed by atoms with van der Waals surface area (Å²) in [5.41, 5.74) is 0. The zero-order valence-electron chi connectivity index (χ0n) is 5.39. The first-order valence-corrected chi connectivity index (χ1v) is 2.61. The first kappa shape index (κ1) is 7.85. The predicted octanol–water partition coefficient (Wildman–Crippen LogP) is -0.0179. The number of hydrogen-bond donors (Lipinski definition) is 1. The van der Waals surface area contributed by atoms with Crippen LogP contribution in [0, 0.1) is 0 Å². The van der Waals surface area contributed by atoms with E-state index in [9.17, 15) is 4.39 Å². The summed E-state index contributed by atoms with van der Waals surface area (Å²) >= 11 is 0. The van der Waals surface area contributed by atoms with Gasteiger partial charge >= 0.3 is 0 Å². The molecule has 0 saturated heterocycles. The SMILES string of the molecule is C[N+](C)(C[18F])CCO. The van der Waals surface area contributed by atoms with Crippen molar-refractivity contribution >= 4 is 0 Å². The van der Waals surface area contributed by atoms with Gasteiger partial charge in [-0.1, -0.05) is 0 Å². The highest BCUT2D eigenvalue weighted by atomic mass is 18.2. The third-order valence-electron chi connectivity index (χ3n) is 1.03. The van der Waals surface area contributed by atoms with E-state index in [0.29, 0.717) is 6.54 Å². The van der Waals surface area contributed by atoms with Gasteiger partial charge in [0.05, 0.1) is 20.7 Å². The van der Waals surface area contributed by atoms with E-state index in [4.69, 9.17) is 5.11 Å². The average molecular weight is 121 g/mol. The fourth-order valence-corrected chi connectivity index (χ4v) is 0.330. The molecule has 0 aromatic carbocycles. The molecule has 0 heterocycles. The minimum Gasteiger partial charge on any atom is -0.391 e. The maximum absolute atomic E-state index is 11.8. The van der Waals surface area contributed by atoms with E-state index < -0.39 is 6.80 Å². The van der Waals surface area contributed by atoms with Crippen molar-refractivity contribution in [1.82, 2.24) is 0 Å². The second-order valence-corrected chi connectivity index (χ2v) is 2.50. The van der Waals surface area contributed by atoms with E-state index in [2.05, 4.69) is 0 Å². The highest BCUT2D eigenvalue weighted by molar-refractivity contribution is 4.21. The van der Waals surface area contributed by atoms with Crippen LogP contribution in [0.15, 0.2) is 0 Å². The first-order valence-electron chi connectivity index (χ1n) is 2.61. The van der Waals surface area contributed by atoms with Gasteiger partial charge in [0.1, 0.15) is 6.54 Å². The summed E-state index contributed by atoms with van der Waals surface area (Å²) in [7, 11) is 3.46. The van der Waals surface area contributed by atoms with Crippen LogP contribution in [0.5, 0.6) is 0 Å². The number of aliphatic hydroxyl groups is 1. The molecule has 0 fully saturated rings. The number of halogens is 1. The predicted molar refractivity (Wildman–Crippen MR) is 30.0 cm³/mol. The summed E-state index contributed by atoms with van der Waals surface area (Å²) in [4.78, 5) is 0. The molecule has 0 aliphatic rings. The number of aliphatic hydroxyl groups excluding tert-OH is 1. The molecule has 0 rings (SSSR count). The molecule has 0 radical (unpaired) electrons. The highest BCUT2D eigenvalue weighted by Gasteiger charge is 2.11. The maximum atomic E-state index is 11.8. The molecule has 1 N–H and O–H groups in total. The monoisotopic (exact) mass is 121 g/mol. The van der Waals surface area contributed by atoms with Crippen LogP contribution in [0.1, 0.15) is 0 Å². The number of nitrogens with zero attached hydrogens (tertiary/aromatic N) is 1. The molecule has 0 aliphatic heterocycles. The standard InChI is InChI=1S/C5H13FNO/c1-7(2,5-6)3-4-8/h8H,3-5H2,1-2H3/q+1/i6-1. The maximum Gasteiger partial charge on any atom is 0.221 e. The number of likely N-dealkylation sites (N-methyl/N-ethyl adjacent to an activating group) is 1. The molecule has 0 aromatic rings. The molecule has 8 heavy (non-hydrogen) atoms. The molecule has 0 aliphatic carbocycles. The third kappa shape index (κ3) is 2.93. The van der Waals surface area contributed by atoms with Gasteiger partial charge in [-0.25, -0.2) is 0 Å². The van der Waals surface area contributed by atoms with Gasteiger partial charge in [0.25, 0.3) is 0 Å². The molecule has 2 nitrogen and oxygen atoms in total. The molecule has 50 valence electrons. The van der Waals surface area contributed by atoms with Gasteiger partial charge in [0, 0.05) is 0 Å². The quantitative estimate of drug-likeness (QED) is 0.411. The van der Waals surface area contributed by atoms with Gasteiger partial charge in [0.2, 0.25) is 6.80 Å².